The number of nitrogens with zero attached hydrogens (tertiary/aromatic N) is 3. The van der Waals surface area contributed by atoms with Gasteiger partial charge >= 0.3 is 0 Å². The third kappa shape index (κ3) is 2.98. The Labute approximate surface area is 160 Å². The van der Waals surface area contributed by atoms with E-state index in [1.54, 1.807) is 18.6 Å². The number of halogens is 1. The Morgan fingerprint density at radius 1 is 0.889 bits per heavy atom. The Hall–Kier alpha value is -3.44. The number of aromatic nitrogens is 4. The molecule has 0 radical (unpaired) electrons. The fourth-order valence-corrected chi connectivity index (χ4v) is 3.34. The Morgan fingerprint density at radius 3 is 2.78 bits per heavy atom. The molecule has 0 aliphatic rings. The quantitative estimate of drug-likeness (QED) is 0.435. The number of hydrogen-bond acceptors (Lipinski definition) is 4. The Morgan fingerprint density at radius 2 is 1.85 bits per heavy atom. The van der Waals surface area contributed by atoms with Gasteiger partial charge in [-0.25, -0.2) is 4.98 Å². The summed E-state index contributed by atoms with van der Waals surface area (Å²) in [6, 6.07) is 14.1. The van der Waals surface area contributed by atoms with Gasteiger partial charge in [0.15, 0.2) is 0 Å². The molecule has 0 aliphatic heterocycles. The lowest BCUT2D eigenvalue weighted by Crippen LogP contribution is -1.94. The van der Waals surface area contributed by atoms with Crippen molar-refractivity contribution in [3.05, 3.63) is 78.5 Å². The summed E-state index contributed by atoms with van der Waals surface area (Å²) in [6.07, 6.45) is 8.91. The van der Waals surface area contributed by atoms with Gasteiger partial charge in [-0.05, 0) is 42.0 Å². The fourth-order valence-electron chi connectivity index (χ4n) is 3.17. The van der Waals surface area contributed by atoms with Crippen molar-refractivity contribution in [2.75, 3.05) is 5.32 Å². The van der Waals surface area contributed by atoms with Crippen molar-refractivity contribution in [2.24, 2.45) is 0 Å². The number of nitrogens with one attached hydrogen (secondary N) is 2. The molecule has 0 saturated heterocycles. The van der Waals surface area contributed by atoms with Gasteiger partial charge in [-0.15, -0.1) is 0 Å². The van der Waals surface area contributed by atoms with Crippen LogP contribution in [-0.2, 0) is 0 Å². The fraction of sp³-hybridized carbons (Fsp3) is 0. The van der Waals surface area contributed by atoms with E-state index in [0.717, 1.165) is 44.4 Å². The van der Waals surface area contributed by atoms with E-state index in [1.807, 2.05) is 36.7 Å². The van der Waals surface area contributed by atoms with Crippen molar-refractivity contribution in [3.8, 4) is 11.1 Å². The largest absolute Gasteiger partial charge is 0.354 e. The highest BCUT2D eigenvalue weighted by Gasteiger charge is 2.07. The molecule has 0 amide bonds. The number of fused-ring (bicyclic) bond motifs is 2. The number of pyridine rings is 3. The first-order chi connectivity index (χ1) is 13.3. The highest BCUT2D eigenvalue weighted by Crippen LogP contribution is 2.30. The minimum atomic E-state index is 0.588. The highest BCUT2D eigenvalue weighted by molar-refractivity contribution is 6.30. The van der Waals surface area contributed by atoms with Crippen molar-refractivity contribution >= 4 is 44.9 Å². The second-order valence-electron chi connectivity index (χ2n) is 6.25. The first-order valence-electron chi connectivity index (χ1n) is 8.46. The molecule has 1 aromatic carbocycles. The standard InChI is InChI=1S/C21H14ClN5/c22-16-9-17(12-23-11-16)27-20-4-6-24-19-2-1-13(8-18(19)20)15-7-14-3-5-25-21(14)26-10-15/h1-12H,(H,24,27)(H,25,26). The van der Waals surface area contributed by atoms with Crippen LogP contribution in [0.2, 0.25) is 5.02 Å². The molecule has 6 heteroatoms. The number of benzene rings is 1. The third-order valence-corrected chi connectivity index (χ3v) is 4.67. The summed E-state index contributed by atoms with van der Waals surface area (Å²) in [5, 5.41) is 6.08. The van der Waals surface area contributed by atoms with E-state index in [9.17, 15) is 0 Å². The summed E-state index contributed by atoms with van der Waals surface area (Å²) in [5.74, 6) is 0. The van der Waals surface area contributed by atoms with E-state index >= 15 is 0 Å². The molecule has 4 aromatic heterocycles. The van der Waals surface area contributed by atoms with E-state index in [4.69, 9.17) is 11.6 Å². The van der Waals surface area contributed by atoms with Crippen LogP contribution in [0, 0.1) is 0 Å². The van der Waals surface area contributed by atoms with Crippen molar-refractivity contribution < 1.29 is 0 Å². The number of hydrogen-bond donors (Lipinski definition) is 2. The lowest BCUT2D eigenvalue weighted by Gasteiger charge is -2.11. The van der Waals surface area contributed by atoms with E-state index < -0.39 is 0 Å². The summed E-state index contributed by atoms with van der Waals surface area (Å²) in [6.45, 7) is 0. The van der Waals surface area contributed by atoms with Crippen LogP contribution in [0.1, 0.15) is 0 Å². The van der Waals surface area contributed by atoms with Crippen molar-refractivity contribution in [2.45, 2.75) is 0 Å². The highest BCUT2D eigenvalue weighted by atomic mass is 35.5. The second-order valence-corrected chi connectivity index (χ2v) is 6.68. The molecular formula is C21H14ClN5. The van der Waals surface area contributed by atoms with Gasteiger partial charge in [0.25, 0.3) is 0 Å². The van der Waals surface area contributed by atoms with Gasteiger partial charge in [-0.2, -0.15) is 0 Å². The molecule has 5 nitrogen and oxygen atoms in total. The van der Waals surface area contributed by atoms with Crippen LogP contribution >= 0.6 is 11.6 Å². The molecular weight excluding hydrogens is 358 g/mol. The van der Waals surface area contributed by atoms with E-state index in [-0.39, 0.29) is 0 Å². The number of H-pyrrole nitrogens is 1. The molecule has 2 N–H and O–H groups in total. The zero-order chi connectivity index (χ0) is 18.2. The Balaban J connectivity index is 1.61. The second kappa shape index (κ2) is 6.37. The normalized spacial score (nSPS) is 11.1. The summed E-state index contributed by atoms with van der Waals surface area (Å²) < 4.78 is 0. The summed E-state index contributed by atoms with van der Waals surface area (Å²) in [4.78, 5) is 16.2. The van der Waals surface area contributed by atoms with Crippen LogP contribution in [0.3, 0.4) is 0 Å². The number of aromatic amines is 1. The number of rotatable bonds is 3. The third-order valence-electron chi connectivity index (χ3n) is 4.46. The van der Waals surface area contributed by atoms with E-state index in [1.165, 1.54) is 0 Å². The van der Waals surface area contributed by atoms with Crippen LogP contribution in [0.25, 0.3) is 33.1 Å². The topological polar surface area (TPSA) is 66.5 Å². The molecule has 0 saturated carbocycles. The van der Waals surface area contributed by atoms with Crippen LogP contribution in [0.4, 0.5) is 11.4 Å². The van der Waals surface area contributed by atoms with Crippen LogP contribution in [0.5, 0.6) is 0 Å². The minimum Gasteiger partial charge on any atom is -0.354 e. The molecule has 0 bridgehead atoms. The lowest BCUT2D eigenvalue weighted by molar-refractivity contribution is 1.32. The molecule has 5 rings (SSSR count). The van der Waals surface area contributed by atoms with E-state index in [2.05, 4.69) is 43.5 Å². The molecule has 130 valence electrons. The van der Waals surface area contributed by atoms with Gasteiger partial charge in [0.2, 0.25) is 0 Å². The SMILES string of the molecule is Clc1cncc(Nc2ccnc3ccc(-c4cnc5[nH]ccc5c4)cc23)c1. The van der Waals surface area contributed by atoms with Gasteiger partial charge in [0.05, 0.1) is 22.4 Å². The van der Waals surface area contributed by atoms with Crippen LogP contribution in [-0.4, -0.2) is 19.9 Å². The Kier molecular flexibility index (Phi) is 3.73. The average Bonchev–Trinajstić information content (AvgIpc) is 3.16. The van der Waals surface area contributed by atoms with Gasteiger partial charge in [0, 0.05) is 46.8 Å². The lowest BCUT2D eigenvalue weighted by atomic mass is 10.0. The predicted octanol–water partition coefficient (Wildman–Crippen LogP) is 5.57. The predicted molar refractivity (Wildman–Crippen MR) is 109 cm³/mol. The summed E-state index contributed by atoms with van der Waals surface area (Å²) >= 11 is 6.05. The number of anilines is 2. The van der Waals surface area contributed by atoms with E-state index in [0.29, 0.717) is 5.02 Å². The first-order valence-corrected chi connectivity index (χ1v) is 8.84. The molecule has 27 heavy (non-hydrogen) atoms. The van der Waals surface area contributed by atoms with Gasteiger partial charge in [-0.1, -0.05) is 17.7 Å². The van der Waals surface area contributed by atoms with Crippen molar-refractivity contribution in [1.82, 2.24) is 19.9 Å². The average molecular weight is 372 g/mol. The summed E-state index contributed by atoms with van der Waals surface area (Å²) in [5.41, 5.74) is 5.71. The van der Waals surface area contributed by atoms with Crippen molar-refractivity contribution in [3.63, 3.8) is 0 Å². The summed E-state index contributed by atoms with van der Waals surface area (Å²) in [7, 11) is 0. The zero-order valence-corrected chi connectivity index (χ0v) is 14.9. The maximum absolute atomic E-state index is 6.05. The molecule has 0 spiro atoms. The maximum atomic E-state index is 6.05. The Bertz CT molecular complexity index is 1280. The monoisotopic (exact) mass is 371 g/mol. The molecule has 5 aromatic rings. The van der Waals surface area contributed by atoms with Crippen LogP contribution in [0.15, 0.2) is 73.4 Å². The molecule has 0 fully saturated rings. The molecule has 0 unspecified atom stereocenters. The smallest absolute Gasteiger partial charge is 0.137 e. The molecule has 0 atom stereocenters. The van der Waals surface area contributed by atoms with Crippen molar-refractivity contribution in [1.29, 1.82) is 0 Å². The first kappa shape index (κ1) is 15.8. The molecule has 0 aliphatic carbocycles. The minimum absolute atomic E-state index is 0.588. The van der Waals surface area contributed by atoms with Gasteiger partial charge in [-0.3, -0.25) is 9.97 Å². The maximum Gasteiger partial charge on any atom is 0.137 e. The zero-order valence-electron chi connectivity index (χ0n) is 14.1. The van der Waals surface area contributed by atoms with Gasteiger partial charge < -0.3 is 10.3 Å². The molecule has 4 heterocycles. The van der Waals surface area contributed by atoms with Gasteiger partial charge in [0.1, 0.15) is 5.65 Å². The van der Waals surface area contributed by atoms with Crippen LogP contribution < -0.4 is 5.32 Å².